The zero-order valence-electron chi connectivity index (χ0n) is 16.5. The molecular weight excluding hydrogens is 364 g/mol. The van der Waals surface area contributed by atoms with Gasteiger partial charge in [0.2, 0.25) is 0 Å². The van der Waals surface area contributed by atoms with Crippen LogP contribution in [0, 0.1) is 0 Å². The van der Waals surface area contributed by atoms with Crippen molar-refractivity contribution >= 4 is 47.9 Å². The van der Waals surface area contributed by atoms with Crippen LogP contribution < -0.4 is 0 Å². The Morgan fingerprint density at radius 1 is 0.821 bits per heavy atom. The van der Waals surface area contributed by atoms with Gasteiger partial charge in [0.1, 0.15) is 23.1 Å². The molecule has 1 aliphatic heterocycles. The Hall–Kier alpha value is -2.36. The lowest BCUT2D eigenvalue weighted by Gasteiger charge is -2.44. The average Bonchev–Trinajstić information content (AvgIpc) is 3.17. The molecule has 1 saturated heterocycles. The van der Waals surface area contributed by atoms with Crippen molar-refractivity contribution in [3.8, 4) is 0 Å². The van der Waals surface area contributed by atoms with E-state index >= 15 is 0 Å². The van der Waals surface area contributed by atoms with Crippen molar-refractivity contribution in [2.75, 3.05) is 0 Å². The summed E-state index contributed by atoms with van der Waals surface area (Å²) in [5.41, 5.74) is 1.77. The number of ether oxygens (including phenoxy) is 2. The summed E-state index contributed by atoms with van der Waals surface area (Å²) in [6, 6.07) is 19.9. The van der Waals surface area contributed by atoms with Gasteiger partial charge in [-0.2, -0.15) is 0 Å². The molecule has 28 heavy (non-hydrogen) atoms. The molecule has 2 heterocycles. The second kappa shape index (κ2) is 5.16. The van der Waals surface area contributed by atoms with Crippen LogP contribution in [0.15, 0.2) is 60.4 Å². The van der Waals surface area contributed by atoms with E-state index in [4.69, 9.17) is 9.47 Å². The minimum atomic E-state index is -0.335. The minimum Gasteiger partial charge on any atom is -0.486 e. The molecule has 1 atom stereocenters. The van der Waals surface area contributed by atoms with Crippen LogP contribution in [0.4, 0.5) is 0 Å². The first-order chi connectivity index (χ1) is 13.4. The molecule has 0 amide bonds. The Labute approximate surface area is 168 Å². The lowest BCUT2D eigenvalue weighted by molar-refractivity contribution is -0.199. The van der Waals surface area contributed by atoms with Crippen LogP contribution in [-0.4, -0.2) is 17.3 Å². The van der Waals surface area contributed by atoms with Gasteiger partial charge in [-0.05, 0) is 56.2 Å². The van der Waals surface area contributed by atoms with E-state index in [2.05, 4.69) is 82.3 Å². The van der Waals surface area contributed by atoms with Crippen LogP contribution in [0.5, 0.6) is 0 Å². The average molecular weight is 387 g/mol. The summed E-state index contributed by atoms with van der Waals surface area (Å²) in [7, 11) is 0. The van der Waals surface area contributed by atoms with Crippen molar-refractivity contribution in [2.24, 2.45) is 0 Å². The highest BCUT2D eigenvalue weighted by molar-refractivity contribution is 7.26. The molecule has 1 unspecified atom stereocenters. The zero-order chi connectivity index (χ0) is 19.3. The highest BCUT2D eigenvalue weighted by atomic mass is 32.1. The van der Waals surface area contributed by atoms with Gasteiger partial charge < -0.3 is 9.47 Å². The summed E-state index contributed by atoms with van der Waals surface area (Å²) < 4.78 is 15.4. The van der Waals surface area contributed by atoms with Gasteiger partial charge in [0.05, 0.1) is 0 Å². The first-order valence-corrected chi connectivity index (χ1v) is 10.6. The normalized spacial score (nSPS) is 22.5. The molecule has 1 aromatic heterocycles. The maximum absolute atomic E-state index is 6.37. The number of thiophene rings is 1. The molecule has 1 fully saturated rings. The lowest BCUT2D eigenvalue weighted by atomic mass is 9.88. The maximum Gasteiger partial charge on any atom is 0.145 e. The van der Waals surface area contributed by atoms with Gasteiger partial charge >= 0.3 is 0 Å². The summed E-state index contributed by atoms with van der Waals surface area (Å²) in [4.78, 5) is 0. The van der Waals surface area contributed by atoms with Gasteiger partial charge in [-0.15, -0.1) is 11.3 Å². The molecular formula is C25H22O2S. The fourth-order valence-corrected chi connectivity index (χ4v) is 5.42. The van der Waals surface area contributed by atoms with Gasteiger partial charge in [0, 0.05) is 25.7 Å². The minimum absolute atomic E-state index is 0.00575. The van der Waals surface area contributed by atoms with Gasteiger partial charge in [-0.1, -0.05) is 42.5 Å². The molecule has 0 spiro atoms. The van der Waals surface area contributed by atoms with Gasteiger partial charge in [-0.25, -0.2) is 0 Å². The molecule has 0 N–H and O–H groups in total. The third-order valence-corrected chi connectivity index (χ3v) is 7.80. The smallest absolute Gasteiger partial charge is 0.145 e. The molecule has 140 valence electrons. The number of benzene rings is 3. The van der Waals surface area contributed by atoms with E-state index in [1.165, 1.54) is 42.1 Å². The van der Waals surface area contributed by atoms with Crippen LogP contribution in [0.25, 0.3) is 36.5 Å². The molecule has 0 bridgehead atoms. The van der Waals surface area contributed by atoms with Crippen LogP contribution >= 0.6 is 11.3 Å². The predicted octanol–water partition coefficient (Wildman–Crippen LogP) is 6.91. The summed E-state index contributed by atoms with van der Waals surface area (Å²) >= 11 is 1.88. The molecule has 3 heteroatoms. The molecule has 4 aromatic rings. The second-order valence-corrected chi connectivity index (χ2v) is 9.93. The van der Waals surface area contributed by atoms with E-state index in [0.29, 0.717) is 0 Å². The Balaban J connectivity index is 1.51. The third-order valence-electron chi connectivity index (χ3n) is 6.58. The second-order valence-electron chi connectivity index (χ2n) is 8.87. The molecule has 2 nitrogen and oxygen atoms in total. The van der Waals surface area contributed by atoms with Crippen LogP contribution in [-0.2, 0) is 9.47 Å². The maximum atomic E-state index is 6.37. The van der Waals surface area contributed by atoms with Gasteiger partial charge in [0.15, 0.2) is 0 Å². The predicted molar refractivity (Wildman–Crippen MR) is 118 cm³/mol. The highest BCUT2D eigenvalue weighted by Gasteiger charge is 2.56. The molecule has 3 aromatic carbocycles. The monoisotopic (exact) mass is 386 g/mol. The van der Waals surface area contributed by atoms with Crippen LogP contribution in [0.3, 0.4) is 0 Å². The van der Waals surface area contributed by atoms with E-state index in [9.17, 15) is 0 Å². The van der Waals surface area contributed by atoms with Crippen molar-refractivity contribution in [2.45, 2.75) is 45.0 Å². The third kappa shape index (κ3) is 2.12. The molecule has 1 aliphatic carbocycles. The number of rotatable bonds is 1. The van der Waals surface area contributed by atoms with Crippen molar-refractivity contribution in [3.05, 3.63) is 65.9 Å². The number of hydrogen-bond donors (Lipinski definition) is 0. The molecule has 0 radical (unpaired) electrons. The van der Waals surface area contributed by atoms with Crippen molar-refractivity contribution in [1.29, 1.82) is 0 Å². The Morgan fingerprint density at radius 3 is 2.46 bits per heavy atom. The molecule has 0 saturated carbocycles. The van der Waals surface area contributed by atoms with Gasteiger partial charge in [-0.3, -0.25) is 0 Å². The highest BCUT2D eigenvalue weighted by Crippen LogP contribution is 2.54. The Morgan fingerprint density at radius 2 is 1.64 bits per heavy atom. The first kappa shape index (κ1) is 16.6. The lowest BCUT2D eigenvalue weighted by Crippen LogP contribution is -2.52. The van der Waals surface area contributed by atoms with E-state index in [0.717, 1.165) is 5.76 Å². The Bertz CT molecular complexity index is 1320. The summed E-state index contributed by atoms with van der Waals surface area (Å²) in [5.74, 6) is 1.01. The summed E-state index contributed by atoms with van der Waals surface area (Å²) in [6.45, 7) is 8.43. The zero-order valence-corrected chi connectivity index (χ0v) is 17.3. The summed E-state index contributed by atoms with van der Waals surface area (Å²) in [6.07, 6.45) is 0.00575. The first-order valence-electron chi connectivity index (χ1n) is 9.81. The van der Waals surface area contributed by atoms with Crippen molar-refractivity contribution in [3.63, 3.8) is 0 Å². The largest absolute Gasteiger partial charge is 0.486 e. The number of hydrogen-bond acceptors (Lipinski definition) is 3. The standard InChI is InChI=1S/C25H22O2S/c1-24(2)25(3,4)27-22-20(21(22)26-24)15-10-12-19-18(13-15)17-11-9-14-7-5-6-8-16(14)23(17)28-19/h5-13,21H,1-4H3. The molecule has 6 rings (SSSR count). The Kier molecular flexibility index (Phi) is 3.06. The van der Waals surface area contributed by atoms with Crippen molar-refractivity contribution < 1.29 is 9.47 Å². The molecule has 2 aliphatic rings. The fourth-order valence-electron chi connectivity index (χ4n) is 4.20. The van der Waals surface area contributed by atoms with Gasteiger partial charge in [0.25, 0.3) is 0 Å². The quantitative estimate of drug-likeness (QED) is 0.354. The fraction of sp³-hybridized carbons (Fsp3) is 0.280. The number of fused-ring (bicyclic) bond motifs is 6. The van der Waals surface area contributed by atoms with E-state index in [1.807, 2.05) is 11.3 Å². The van der Waals surface area contributed by atoms with E-state index in [-0.39, 0.29) is 17.3 Å². The SMILES string of the molecule is CC1(C)OC2=C(c3ccc4sc5c6ccccc6ccc5c4c3)C2OC1(C)C. The van der Waals surface area contributed by atoms with Crippen LogP contribution in [0.2, 0.25) is 0 Å². The summed E-state index contributed by atoms with van der Waals surface area (Å²) in [5, 5.41) is 5.28. The van der Waals surface area contributed by atoms with Crippen LogP contribution in [0.1, 0.15) is 33.3 Å². The van der Waals surface area contributed by atoms with E-state index < -0.39 is 0 Å². The topological polar surface area (TPSA) is 18.5 Å². The van der Waals surface area contributed by atoms with Crippen molar-refractivity contribution in [1.82, 2.24) is 0 Å². The van der Waals surface area contributed by atoms with E-state index in [1.54, 1.807) is 0 Å².